The summed E-state index contributed by atoms with van der Waals surface area (Å²) in [5.74, 6) is -4.98. The third kappa shape index (κ3) is 2.95. The van der Waals surface area contributed by atoms with Crippen molar-refractivity contribution in [1.29, 1.82) is 0 Å². The van der Waals surface area contributed by atoms with Crippen LogP contribution in [0.2, 0.25) is 0 Å². The van der Waals surface area contributed by atoms with Gasteiger partial charge in [-0.1, -0.05) is 0 Å². The predicted octanol–water partition coefficient (Wildman–Crippen LogP) is 2.31. The zero-order chi connectivity index (χ0) is 16.6. The summed E-state index contributed by atoms with van der Waals surface area (Å²) < 4.78 is 54.7. The molecule has 1 saturated heterocycles. The second-order valence-electron chi connectivity index (χ2n) is 5.64. The van der Waals surface area contributed by atoms with Crippen LogP contribution < -0.4 is 5.32 Å². The van der Waals surface area contributed by atoms with Crippen molar-refractivity contribution in [3.8, 4) is 0 Å². The summed E-state index contributed by atoms with van der Waals surface area (Å²) in [5, 5.41) is 7.64. The number of halogens is 4. The lowest BCUT2D eigenvalue weighted by Gasteiger charge is -2.31. The van der Waals surface area contributed by atoms with Crippen molar-refractivity contribution in [2.24, 2.45) is 11.0 Å². The van der Waals surface area contributed by atoms with Crippen molar-refractivity contribution in [2.75, 3.05) is 13.1 Å². The van der Waals surface area contributed by atoms with Crippen molar-refractivity contribution < 1.29 is 22.4 Å². The largest absolute Gasteiger partial charge is 0.314 e. The number of nitrogens with zero attached hydrogens (tertiary/aromatic N) is 2. The van der Waals surface area contributed by atoms with Crippen LogP contribution in [-0.4, -0.2) is 36.4 Å². The summed E-state index contributed by atoms with van der Waals surface area (Å²) in [6, 6.07) is 0.313. The molecule has 3 rings (SSSR count). The summed E-state index contributed by atoms with van der Waals surface area (Å²) in [7, 11) is 0. The summed E-state index contributed by atoms with van der Waals surface area (Å²) >= 11 is 0. The van der Waals surface area contributed by atoms with Crippen molar-refractivity contribution in [1.82, 2.24) is 10.3 Å². The van der Waals surface area contributed by atoms with Crippen LogP contribution in [0.5, 0.6) is 0 Å². The van der Waals surface area contributed by atoms with Crippen LogP contribution in [0.3, 0.4) is 0 Å². The first-order valence-electron chi connectivity index (χ1n) is 7.33. The molecule has 0 spiro atoms. The van der Waals surface area contributed by atoms with E-state index in [9.17, 15) is 22.4 Å². The molecule has 3 atom stereocenters. The lowest BCUT2D eigenvalue weighted by molar-refractivity contribution is -0.140. The molecule has 8 heteroatoms. The van der Waals surface area contributed by atoms with Gasteiger partial charge in [-0.05, 0) is 19.0 Å². The maximum absolute atomic E-state index is 14.0. The van der Waals surface area contributed by atoms with E-state index in [1.807, 2.05) is 0 Å². The van der Waals surface area contributed by atoms with E-state index in [2.05, 4.69) is 10.4 Å². The van der Waals surface area contributed by atoms with Crippen LogP contribution in [0.25, 0.3) is 0 Å². The first-order valence-corrected chi connectivity index (χ1v) is 7.33. The molecule has 1 aromatic rings. The number of hydrogen-bond acceptors (Lipinski definition) is 3. The van der Waals surface area contributed by atoms with E-state index in [1.165, 1.54) is 6.21 Å². The Hall–Kier alpha value is -1.96. The summed E-state index contributed by atoms with van der Waals surface area (Å²) in [6.07, 6.45) is 0.396. The van der Waals surface area contributed by atoms with Crippen molar-refractivity contribution in [2.45, 2.75) is 25.1 Å². The molecular weight excluding hydrogens is 314 g/mol. The number of rotatable bonds is 2. The van der Waals surface area contributed by atoms with E-state index in [4.69, 9.17) is 0 Å². The number of carbonyl (C=O) groups is 1. The minimum absolute atomic E-state index is 0.0571. The standard InChI is InChI=1S/C15H15F4N3O/c16-8-5-10(14(19)11(17)6-8)13-2-4-21-22(13)15(23)9-1-3-20-7-12(9)18/h4-6,9,12-13,20H,1-3,7H2. The Bertz CT molecular complexity index is 652. The van der Waals surface area contributed by atoms with Gasteiger partial charge in [-0.25, -0.2) is 22.6 Å². The lowest BCUT2D eigenvalue weighted by atomic mass is 9.93. The molecule has 0 radical (unpaired) electrons. The Morgan fingerprint density at radius 1 is 1.30 bits per heavy atom. The molecule has 2 aliphatic rings. The van der Waals surface area contributed by atoms with Crippen LogP contribution in [0, 0.1) is 23.4 Å². The number of amides is 1. The predicted molar refractivity (Wildman–Crippen MR) is 74.9 cm³/mol. The Labute approximate surface area is 130 Å². The second kappa shape index (κ2) is 6.27. The van der Waals surface area contributed by atoms with Crippen LogP contribution in [0.1, 0.15) is 24.4 Å². The number of piperidine rings is 1. The molecule has 0 bridgehead atoms. The van der Waals surface area contributed by atoms with Gasteiger partial charge in [0.25, 0.3) is 0 Å². The molecular formula is C15H15F4N3O. The van der Waals surface area contributed by atoms with E-state index in [1.54, 1.807) is 0 Å². The van der Waals surface area contributed by atoms with E-state index >= 15 is 0 Å². The normalized spacial score (nSPS) is 27.5. The Balaban J connectivity index is 1.88. The molecule has 3 unspecified atom stereocenters. The topological polar surface area (TPSA) is 44.7 Å². The van der Waals surface area contributed by atoms with Crippen LogP contribution >= 0.6 is 0 Å². The highest BCUT2D eigenvalue weighted by molar-refractivity contribution is 5.82. The molecule has 1 fully saturated rings. The highest BCUT2D eigenvalue weighted by Gasteiger charge is 2.39. The molecule has 2 aliphatic heterocycles. The Kier molecular flexibility index (Phi) is 4.34. The molecule has 23 heavy (non-hydrogen) atoms. The van der Waals surface area contributed by atoms with E-state index in [0.717, 1.165) is 11.1 Å². The number of hydrogen-bond donors (Lipinski definition) is 1. The lowest BCUT2D eigenvalue weighted by Crippen LogP contribution is -2.46. The van der Waals surface area contributed by atoms with Crippen LogP contribution in [-0.2, 0) is 4.79 Å². The number of carbonyl (C=O) groups excluding carboxylic acids is 1. The van der Waals surface area contributed by atoms with Crippen molar-refractivity contribution in [3.63, 3.8) is 0 Å². The van der Waals surface area contributed by atoms with E-state index in [-0.39, 0.29) is 18.5 Å². The SMILES string of the molecule is O=C(C1CCNCC1F)N1N=CCC1c1cc(F)cc(F)c1F. The average molecular weight is 329 g/mol. The Morgan fingerprint density at radius 2 is 2.09 bits per heavy atom. The molecule has 124 valence electrons. The van der Waals surface area contributed by atoms with Gasteiger partial charge in [-0.15, -0.1) is 0 Å². The van der Waals surface area contributed by atoms with Crippen LogP contribution in [0.4, 0.5) is 17.6 Å². The summed E-state index contributed by atoms with van der Waals surface area (Å²) in [4.78, 5) is 12.5. The minimum atomic E-state index is -1.37. The monoisotopic (exact) mass is 329 g/mol. The number of alkyl halides is 1. The first-order chi connectivity index (χ1) is 11.0. The first kappa shape index (κ1) is 15.9. The summed E-state index contributed by atoms with van der Waals surface area (Å²) in [6.45, 7) is 0.545. The molecule has 0 aromatic heterocycles. The van der Waals surface area contributed by atoms with Gasteiger partial charge in [0.2, 0.25) is 5.91 Å². The maximum Gasteiger partial charge on any atom is 0.249 e. The third-order valence-electron chi connectivity index (χ3n) is 4.16. The fourth-order valence-corrected chi connectivity index (χ4v) is 2.97. The highest BCUT2D eigenvalue weighted by Crippen LogP contribution is 2.34. The van der Waals surface area contributed by atoms with Gasteiger partial charge in [-0.3, -0.25) is 4.79 Å². The van der Waals surface area contributed by atoms with Gasteiger partial charge in [-0.2, -0.15) is 5.10 Å². The molecule has 0 saturated carbocycles. The average Bonchev–Trinajstić information content (AvgIpc) is 3.00. The number of benzene rings is 1. The van der Waals surface area contributed by atoms with Gasteiger partial charge in [0.05, 0.1) is 12.0 Å². The number of nitrogens with one attached hydrogen (secondary N) is 1. The molecule has 1 N–H and O–H groups in total. The van der Waals surface area contributed by atoms with Gasteiger partial charge >= 0.3 is 0 Å². The number of hydrazone groups is 1. The maximum atomic E-state index is 14.0. The van der Waals surface area contributed by atoms with Gasteiger partial charge in [0.1, 0.15) is 12.0 Å². The smallest absolute Gasteiger partial charge is 0.249 e. The minimum Gasteiger partial charge on any atom is -0.314 e. The third-order valence-corrected chi connectivity index (χ3v) is 4.16. The van der Waals surface area contributed by atoms with Gasteiger partial charge < -0.3 is 5.32 Å². The quantitative estimate of drug-likeness (QED) is 0.668. The molecule has 1 amide bonds. The molecule has 0 aliphatic carbocycles. The van der Waals surface area contributed by atoms with Gasteiger partial charge in [0.15, 0.2) is 11.6 Å². The van der Waals surface area contributed by atoms with E-state index < -0.39 is 41.5 Å². The van der Waals surface area contributed by atoms with Gasteiger partial charge in [0, 0.05) is 30.8 Å². The summed E-state index contributed by atoms with van der Waals surface area (Å²) in [5.41, 5.74) is -0.294. The highest BCUT2D eigenvalue weighted by atomic mass is 19.2. The molecule has 4 nitrogen and oxygen atoms in total. The zero-order valence-electron chi connectivity index (χ0n) is 12.1. The fraction of sp³-hybridized carbons (Fsp3) is 0.467. The second-order valence-corrected chi connectivity index (χ2v) is 5.64. The molecule has 1 aromatic carbocycles. The van der Waals surface area contributed by atoms with Crippen molar-refractivity contribution >= 4 is 12.1 Å². The van der Waals surface area contributed by atoms with E-state index in [0.29, 0.717) is 19.0 Å². The molecule has 2 heterocycles. The fourth-order valence-electron chi connectivity index (χ4n) is 2.97. The van der Waals surface area contributed by atoms with Crippen molar-refractivity contribution in [3.05, 3.63) is 35.1 Å². The van der Waals surface area contributed by atoms with Crippen LogP contribution in [0.15, 0.2) is 17.2 Å². The zero-order valence-corrected chi connectivity index (χ0v) is 12.1. The Morgan fingerprint density at radius 3 is 2.83 bits per heavy atom.